The molecule has 0 aliphatic rings. The Morgan fingerprint density at radius 1 is 0.957 bits per heavy atom. The molecule has 0 heterocycles. The van der Waals surface area contributed by atoms with Crippen LogP contribution < -0.4 is 5.32 Å². The summed E-state index contributed by atoms with van der Waals surface area (Å²) in [5.74, 6) is -7.29. The normalized spacial score (nSPS) is 11.3. The molecule has 2 N–H and O–H groups in total. The minimum absolute atomic E-state index is 0.459. The van der Waals surface area contributed by atoms with Crippen molar-refractivity contribution in [2.75, 3.05) is 5.32 Å². The number of carbonyl (C=O) groups excluding carboxylic acids is 1. The Hall–Kier alpha value is -2.46. The van der Waals surface area contributed by atoms with Gasteiger partial charge in [-0.2, -0.15) is 8.42 Å². The SMILES string of the molecule is O=C(Nc1cc(F)c(F)c(F)c1)c1cc(S(=O)(=O)O)ccc1F. The molecule has 1 amide bonds. The van der Waals surface area contributed by atoms with Crippen LogP contribution in [0.3, 0.4) is 0 Å². The van der Waals surface area contributed by atoms with E-state index in [2.05, 4.69) is 0 Å². The van der Waals surface area contributed by atoms with Crippen LogP contribution in [0.1, 0.15) is 10.4 Å². The van der Waals surface area contributed by atoms with Gasteiger partial charge in [-0.3, -0.25) is 9.35 Å². The van der Waals surface area contributed by atoms with Gasteiger partial charge >= 0.3 is 0 Å². The number of halogens is 4. The monoisotopic (exact) mass is 349 g/mol. The summed E-state index contributed by atoms with van der Waals surface area (Å²) >= 11 is 0. The van der Waals surface area contributed by atoms with E-state index in [4.69, 9.17) is 4.55 Å². The van der Waals surface area contributed by atoms with Gasteiger partial charge in [0.1, 0.15) is 5.82 Å². The Kier molecular flexibility index (Phi) is 4.39. The highest BCUT2D eigenvalue weighted by atomic mass is 32.2. The van der Waals surface area contributed by atoms with Gasteiger partial charge < -0.3 is 5.32 Å². The largest absolute Gasteiger partial charge is 0.322 e. The second kappa shape index (κ2) is 5.97. The molecule has 0 atom stereocenters. The summed E-state index contributed by atoms with van der Waals surface area (Å²) in [7, 11) is -4.68. The lowest BCUT2D eigenvalue weighted by molar-refractivity contribution is 0.102. The molecule has 2 rings (SSSR count). The molecule has 0 saturated carbocycles. The van der Waals surface area contributed by atoms with Gasteiger partial charge in [-0.1, -0.05) is 0 Å². The van der Waals surface area contributed by atoms with Crippen molar-refractivity contribution in [2.24, 2.45) is 0 Å². The number of rotatable bonds is 3. The van der Waals surface area contributed by atoms with E-state index >= 15 is 0 Å². The van der Waals surface area contributed by atoms with Crippen LogP contribution in [0.4, 0.5) is 23.2 Å². The van der Waals surface area contributed by atoms with Crippen LogP contribution in [0.15, 0.2) is 35.2 Å². The molecule has 0 unspecified atom stereocenters. The van der Waals surface area contributed by atoms with Gasteiger partial charge in [0.25, 0.3) is 16.0 Å². The van der Waals surface area contributed by atoms with Gasteiger partial charge in [0.05, 0.1) is 10.5 Å². The topological polar surface area (TPSA) is 83.5 Å². The fraction of sp³-hybridized carbons (Fsp3) is 0. The first-order chi connectivity index (χ1) is 10.6. The van der Waals surface area contributed by atoms with Crippen molar-refractivity contribution in [1.29, 1.82) is 0 Å². The highest BCUT2D eigenvalue weighted by Gasteiger charge is 2.19. The van der Waals surface area contributed by atoms with Crippen molar-refractivity contribution in [2.45, 2.75) is 4.90 Å². The van der Waals surface area contributed by atoms with Gasteiger partial charge in [0.2, 0.25) is 0 Å². The molecular weight excluding hydrogens is 342 g/mol. The van der Waals surface area contributed by atoms with Gasteiger partial charge in [-0.15, -0.1) is 0 Å². The summed E-state index contributed by atoms with van der Waals surface area (Å²) in [6, 6.07) is 2.79. The molecule has 5 nitrogen and oxygen atoms in total. The molecule has 10 heteroatoms. The summed E-state index contributed by atoms with van der Waals surface area (Å²) in [5, 5.41) is 1.88. The lowest BCUT2D eigenvalue weighted by atomic mass is 10.2. The molecule has 0 radical (unpaired) electrons. The number of anilines is 1. The Morgan fingerprint density at radius 3 is 2.04 bits per heavy atom. The van der Waals surface area contributed by atoms with Crippen LogP contribution in [0.2, 0.25) is 0 Å². The molecule has 2 aromatic rings. The number of carbonyl (C=O) groups is 1. The third-order valence-electron chi connectivity index (χ3n) is 2.72. The maximum atomic E-state index is 13.6. The predicted octanol–water partition coefficient (Wildman–Crippen LogP) is 2.74. The summed E-state index contributed by atoms with van der Waals surface area (Å²) in [6.45, 7) is 0. The molecule has 0 fully saturated rings. The molecule has 0 aliphatic heterocycles. The van der Waals surface area contributed by atoms with Crippen molar-refractivity contribution in [3.8, 4) is 0 Å². The molecule has 0 saturated heterocycles. The smallest absolute Gasteiger partial charge is 0.294 e. The average molecular weight is 349 g/mol. The summed E-state index contributed by atoms with van der Waals surface area (Å²) in [6.07, 6.45) is 0. The van der Waals surface area contributed by atoms with Crippen molar-refractivity contribution in [3.05, 3.63) is 59.2 Å². The summed E-state index contributed by atoms with van der Waals surface area (Å²) < 4.78 is 83.3. The van der Waals surface area contributed by atoms with Crippen LogP contribution in [-0.2, 0) is 10.1 Å². The van der Waals surface area contributed by atoms with Gasteiger partial charge in [0, 0.05) is 17.8 Å². The zero-order valence-corrected chi connectivity index (χ0v) is 11.8. The predicted molar refractivity (Wildman–Crippen MR) is 70.5 cm³/mol. The third kappa shape index (κ3) is 3.66. The fourth-order valence-corrected chi connectivity index (χ4v) is 2.17. The zero-order chi connectivity index (χ0) is 17.4. The molecule has 122 valence electrons. The molecular formula is C13H7F4NO4S. The highest BCUT2D eigenvalue weighted by Crippen LogP contribution is 2.20. The molecule has 0 aromatic heterocycles. The molecule has 0 bridgehead atoms. The maximum Gasteiger partial charge on any atom is 0.294 e. The second-order valence-corrected chi connectivity index (χ2v) is 5.75. The Bertz CT molecular complexity index is 876. The maximum absolute atomic E-state index is 13.6. The number of hydrogen-bond donors (Lipinski definition) is 2. The van der Waals surface area contributed by atoms with Crippen LogP contribution >= 0.6 is 0 Å². The molecule has 0 aliphatic carbocycles. The van der Waals surface area contributed by atoms with Crippen molar-refractivity contribution >= 4 is 21.7 Å². The zero-order valence-electron chi connectivity index (χ0n) is 11.0. The second-order valence-electron chi connectivity index (χ2n) is 4.32. The van der Waals surface area contributed by atoms with Crippen LogP contribution in [0.5, 0.6) is 0 Å². The van der Waals surface area contributed by atoms with E-state index in [1.54, 1.807) is 0 Å². The van der Waals surface area contributed by atoms with Crippen LogP contribution in [-0.4, -0.2) is 18.9 Å². The van der Waals surface area contributed by atoms with E-state index in [1.807, 2.05) is 5.32 Å². The van der Waals surface area contributed by atoms with Crippen LogP contribution in [0, 0.1) is 23.3 Å². The first-order valence-electron chi connectivity index (χ1n) is 5.82. The lowest BCUT2D eigenvalue weighted by Gasteiger charge is -2.08. The van der Waals surface area contributed by atoms with Crippen molar-refractivity contribution < 1.29 is 35.3 Å². The van der Waals surface area contributed by atoms with E-state index in [1.165, 1.54) is 0 Å². The molecule has 2 aromatic carbocycles. The lowest BCUT2D eigenvalue weighted by Crippen LogP contribution is -2.15. The average Bonchev–Trinajstić information content (AvgIpc) is 2.43. The highest BCUT2D eigenvalue weighted by molar-refractivity contribution is 7.85. The third-order valence-corrected chi connectivity index (χ3v) is 3.57. The number of nitrogens with one attached hydrogen (secondary N) is 1. The van der Waals surface area contributed by atoms with Crippen molar-refractivity contribution in [1.82, 2.24) is 0 Å². The Morgan fingerprint density at radius 2 is 1.52 bits per heavy atom. The molecule has 0 spiro atoms. The minimum atomic E-state index is -4.68. The summed E-state index contributed by atoms with van der Waals surface area (Å²) in [4.78, 5) is 11.1. The first-order valence-corrected chi connectivity index (χ1v) is 7.26. The summed E-state index contributed by atoms with van der Waals surface area (Å²) in [5.41, 5.74) is -1.31. The number of hydrogen-bond acceptors (Lipinski definition) is 3. The molecule has 23 heavy (non-hydrogen) atoms. The van der Waals surface area contributed by atoms with Gasteiger partial charge in [0.15, 0.2) is 17.5 Å². The first kappa shape index (κ1) is 16.9. The van der Waals surface area contributed by atoms with E-state index in [0.29, 0.717) is 24.3 Å². The van der Waals surface area contributed by atoms with E-state index in [9.17, 15) is 30.8 Å². The number of benzene rings is 2. The fourth-order valence-electron chi connectivity index (χ4n) is 1.66. The van der Waals surface area contributed by atoms with E-state index in [-0.39, 0.29) is 0 Å². The van der Waals surface area contributed by atoms with Crippen LogP contribution in [0.25, 0.3) is 0 Å². The Balaban J connectivity index is 2.38. The minimum Gasteiger partial charge on any atom is -0.322 e. The van der Waals surface area contributed by atoms with Gasteiger partial charge in [-0.25, -0.2) is 17.6 Å². The quantitative estimate of drug-likeness (QED) is 0.507. The number of amides is 1. The van der Waals surface area contributed by atoms with E-state index in [0.717, 1.165) is 6.07 Å². The van der Waals surface area contributed by atoms with E-state index < -0.39 is 55.4 Å². The van der Waals surface area contributed by atoms with Crippen molar-refractivity contribution in [3.63, 3.8) is 0 Å². The Labute approximate surface area is 127 Å². The standard InChI is InChI=1S/C13H7F4NO4S/c14-9-2-1-7(23(20,21)22)5-8(9)13(19)18-6-3-10(15)12(17)11(16)4-6/h1-5H,(H,18,19)(H,20,21,22). The van der Waals surface area contributed by atoms with Gasteiger partial charge in [-0.05, 0) is 18.2 Å².